The number of methoxy groups -OCH3 is 2. The molecule has 2 aliphatic rings. The van der Waals surface area contributed by atoms with E-state index in [1.807, 2.05) is 19.2 Å². The molecule has 2 fully saturated rings. The maximum absolute atomic E-state index is 6.36. The molecule has 1 atom stereocenters. The van der Waals surface area contributed by atoms with E-state index in [1.54, 1.807) is 14.2 Å². The van der Waals surface area contributed by atoms with Gasteiger partial charge in [0.05, 0.1) is 33.0 Å². The Morgan fingerprint density at radius 2 is 1.97 bits per heavy atom. The summed E-state index contributed by atoms with van der Waals surface area (Å²) >= 11 is 0. The van der Waals surface area contributed by atoms with Crippen molar-refractivity contribution in [1.82, 2.24) is 10.2 Å². The number of para-hydroxylation sites is 1. The van der Waals surface area contributed by atoms with Crippen LogP contribution >= 0.6 is 24.0 Å². The van der Waals surface area contributed by atoms with Crippen LogP contribution < -0.4 is 14.8 Å². The number of aliphatic imine (C=N–C) groups is 1. The normalized spacial score (nSPS) is 19.4. The van der Waals surface area contributed by atoms with E-state index in [1.165, 1.54) is 12.8 Å². The minimum Gasteiger partial charge on any atom is -0.493 e. The second kappa shape index (κ2) is 14.0. The highest BCUT2D eigenvalue weighted by atomic mass is 127. The molecule has 0 bridgehead atoms. The number of nitrogens with zero attached hydrogens (tertiary/aromatic N) is 2. The van der Waals surface area contributed by atoms with E-state index in [2.05, 4.69) is 21.3 Å². The summed E-state index contributed by atoms with van der Waals surface area (Å²) in [6.45, 7) is 4.66. The molecule has 0 aromatic heterocycles. The van der Waals surface area contributed by atoms with Gasteiger partial charge in [-0.05, 0) is 38.2 Å². The fourth-order valence-electron chi connectivity index (χ4n) is 4.23. The predicted molar refractivity (Wildman–Crippen MR) is 134 cm³/mol. The molecule has 1 aliphatic heterocycles. The highest BCUT2D eigenvalue weighted by molar-refractivity contribution is 14.0. The van der Waals surface area contributed by atoms with Gasteiger partial charge in [-0.25, -0.2) is 0 Å². The van der Waals surface area contributed by atoms with Gasteiger partial charge in [0, 0.05) is 45.3 Å². The molecular weight excluding hydrogens is 509 g/mol. The van der Waals surface area contributed by atoms with E-state index in [0.29, 0.717) is 25.7 Å². The first-order valence-electron chi connectivity index (χ1n) is 11.1. The smallest absolute Gasteiger partial charge is 0.193 e. The molecule has 1 aromatic carbocycles. The van der Waals surface area contributed by atoms with Gasteiger partial charge in [0.2, 0.25) is 0 Å². The number of hydrogen-bond donors (Lipinski definition) is 1. The van der Waals surface area contributed by atoms with Crippen LogP contribution in [0.1, 0.15) is 37.7 Å². The van der Waals surface area contributed by atoms with E-state index in [-0.39, 0.29) is 30.1 Å². The third-order valence-electron chi connectivity index (χ3n) is 5.89. The number of halogens is 1. The van der Waals surface area contributed by atoms with E-state index >= 15 is 0 Å². The Kier molecular flexibility index (Phi) is 11.7. The third-order valence-corrected chi connectivity index (χ3v) is 5.89. The maximum Gasteiger partial charge on any atom is 0.193 e. The number of rotatable bonds is 10. The largest absolute Gasteiger partial charge is 0.493 e. The molecule has 31 heavy (non-hydrogen) atoms. The van der Waals surface area contributed by atoms with Crippen molar-refractivity contribution in [3.8, 4) is 11.5 Å². The van der Waals surface area contributed by atoms with Gasteiger partial charge in [0.25, 0.3) is 0 Å². The van der Waals surface area contributed by atoms with E-state index in [0.717, 1.165) is 62.0 Å². The summed E-state index contributed by atoms with van der Waals surface area (Å²) in [5.74, 6) is 3.11. The molecule has 3 rings (SSSR count). The van der Waals surface area contributed by atoms with Gasteiger partial charge in [-0.2, -0.15) is 0 Å². The van der Waals surface area contributed by atoms with E-state index in [4.69, 9.17) is 18.9 Å². The Morgan fingerprint density at radius 3 is 2.68 bits per heavy atom. The Bertz CT molecular complexity index is 683. The first kappa shape index (κ1) is 26.0. The molecule has 1 aromatic rings. The van der Waals surface area contributed by atoms with Gasteiger partial charge in [0.15, 0.2) is 17.5 Å². The van der Waals surface area contributed by atoms with Crippen molar-refractivity contribution in [2.75, 3.05) is 54.2 Å². The van der Waals surface area contributed by atoms with Crippen molar-refractivity contribution in [2.24, 2.45) is 10.9 Å². The molecular formula is C23H38IN3O4. The van der Waals surface area contributed by atoms with Crippen LogP contribution in [0.4, 0.5) is 0 Å². The lowest BCUT2D eigenvalue weighted by molar-refractivity contribution is 0.0536. The second-order valence-corrected chi connectivity index (χ2v) is 8.04. The molecule has 0 radical (unpaired) electrons. The number of benzene rings is 1. The van der Waals surface area contributed by atoms with Crippen molar-refractivity contribution in [2.45, 2.75) is 44.8 Å². The van der Waals surface area contributed by atoms with Crippen molar-refractivity contribution in [1.29, 1.82) is 0 Å². The van der Waals surface area contributed by atoms with E-state index < -0.39 is 0 Å². The van der Waals surface area contributed by atoms with Gasteiger partial charge in [0.1, 0.15) is 0 Å². The fourth-order valence-corrected chi connectivity index (χ4v) is 4.23. The van der Waals surface area contributed by atoms with Crippen molar-refractivity contribution < 1.29 is 18.9 Å². The number of guanidine groups is 1. The fraction of sp³-hybridized carbons (Fsp3) is 0.696. The van der Waals surface area contributed by atoms with Crippen molar-refractivity contribution in [3.63, 3.8) is 0 Å². The number of hydrogen-bond acceptors (Lipinski definition) is 5. The lowest BCUT2D eigenvalue weighted by Gasteiger charge is -2.23. The molecule has 1 unspecified atom stereocenters. The molecule has 1 saturated carbocycles. The molecule has 0 spiro atoms. The summed E-state index contributed by atoms with van der Waals surface area (Å²) in [6.07, 6.45) is 6.12. The Balaban J connectivity index is 0.00000341. The summed E-state index contributed by atoms with van der Waals surface area (Å²) in [6, 6.07) is 6.09. The van der Waals surface area contributed by atoms with Crippen LogP contribution in [0.3, 0.4) is 0 Å². The Hall–Kier alpha value is -1.26. The quantitative estimate of drug-likeness (QED) is 0.209. The third kappa shape index (κ3) is 7.68. The monoisotopic (exact) mass is 547 g/mol. The maximum atomic E-state index is 6.36. The first-order valence-corrected chi connectivity index (χ1v) is 11.1. The predicted octanol–water partition coefficient (Wildman–Crippen LogP) is 3.69. The van der Waals surface area contributed by atoms with Crippen LogP contribution in [0.15, 0.2) is 23.2 Å². The van der Waals surface area contributed by atoms with Gasteiger partial charge in [-0.1, -0.05) is 12.1 Å². The zero-order valence-corrected chi connectivity index (χ0v) is 21.4. The zero-order valence-electron chi connectivity index (χ0n) is 19.1. The minimum atomic E-state index is 0. The average Bonchev–Trinajstić information content (AvgIpc) is 3.45. The van der Waals surface area contributed by atoms with Crippen LogP contribution in [-0.4, -0.2) is 71.1 Å². The summed E-state index contributed by atoms with van der Waals surface area (Å²) in [5, 5.41) is 3.52. The van der Waals surface area contributed by atoms with Gasteiger partial charge in [-0.15, -0.1) is 24.0 Å². The number of ether oxygens (including phenoxy) is 4. The van der Waals surface area contributed by atoms with Gasteiger partial charge in [-0.3, -0.25) is 4.99 Å². The highest BCUT2D eigenvalue weighted by Gasteiger charge is 2.25. The minimum absolute atomic E-state index is 0. The topological polar surface area (TPSA) is 64.6 Å². The SMILES string of the molecule is CN=C(NCc1cccc(OC)c1OC1CCCC1)N1CCC(COCCOC)C1.I. The molecule has 1 N–H and O–H groups in total. The second-order valence-electron chi connectivity index (χ2n) is 8.04. The first-order chi connectivity index (χ1) is 14.7. The molecule has 7 nitrogen and oxygen atoms in total. The molecule has 8 heteroatoms. The van der Waals surface area contributed by atoms with Crippen LogP contribution in [0.2, 0.25) is 0 Å². The summed E-state index contributed by atoms with van der Waals surface area (Å²) in [5.41, 5.74) is 1.10. The van der Waals surface area contributed by atoms with Crippen LogP contribution in [0.5, 0.6) is 11.5 Å². The molecule has 1 aliphatic carbocycles. The van der Waals surface area contributed by atoms with Gasteiger partial charge >= 0.3 is 0 Å². The Labute approximate surface area is 203 Å². The highest BCUT2D eigenvalue weighted by Crippen LogP contribution is 2.34. The van der Waals surface area contributed by atoms with Crippen LogP contribution in [-0.2, 0) is 16.0 Å². The molecule has 1 heterocycles. The van der Waals surface area contributed by atoms with Crippen molar-refractivity contribution >= 4 is 29.9 Å². The van der Waals surface area contributed by atoms with Crippen LogP contribution in [0.25, 0.3) is 0 Å². The molecule has 176 valence electrons. The number of nitrogens with one attached hydrogen (secondary N) is 1. The van der Waals surface area contributed by atoms with Gasteiger partial charge < -0.3 is 29.2 Å². The zero-order chi connectivity index (χ0) is 21.2. The molecule has 1 saturated heterocycles. The summed E-state index contributed by atoms with van der Waals surface area (Å²) in [7, 11) is 5.24. The summed E-state index contributed by atoms with van der Waals surface area (Å²) in [4.78, 5) is 6.81. The molecule has 0 amide bonds. The summed E-state index contributed by atoms with van der Waals surface area (Å²) < 4.78 is 22.7. The van der Waals surface area contributed by atoms with Crippen molar-refractivity contribution in [3.05, 3.63) is 23.8 Å². The van der Waals surface area contributed by atoms with E-state index in [9.17, 15) is 0 Å². The standard InChI is InChI=1S/C23H37N3O4.HI/c1-24-23(26-12-11-18(16-26)17-29-14-13-27-2)25-15-19-7-6-10-21(28-3)22(19)30-20-8-4-5-9-20;/h6-7,10,18,20H,4-5,8-9,11-17H2,1-3H3,(H,24,25);1H. The van der Waals surface area contributed by atoms with Crippen LogP contribution in [0, 0.1) is 5.92 Å². The average molecular weight is 547 g/mol. The lowest BCUT2D eigenvalue weighted by Crippen LogP contribution is -2.40. The lowest BCUT2D eigenvalue weighted by atomic mass is 10.1. The number of likely N-dealkylation sites (tertiary alicyclic amines) is 1. The Morgan fingerprint density at radius 1 is 1.16 bits per heavy atom.